The molecule has 0 saturated heterocycles. The fourth-order valence-electron chi connectivity index (χ4n) is 5.41. The van der Waals surface area contributed by atoms with E-state index >= 15 is 0 Å². The van der Waals surface area contributed by atoms with E-state index in [-0.39, 0.29) is 5.91 Å². The molecule has 1 aromatic heterocycles. The van der Waals surface area contributed by atoms with Crippen LogP contribution in [-0.2, 0) is 15.1 Å². The third-order valence-electron chi connectivity index (χ3n) is 7.68. The normalized spacial score (nSPS) is 17.5. The molecular weight excluding hydrogens is 512 g/mol. The molecule has 218 valence electrons. The van der Waals surface area contributed by atoms with E-state index in [2.05, 4.69) is 28.1 Å². The van der Waals surface area contributed by atoms with Crippen LogP contribution in [0.15, 0.2) is 66.9 Å². The molecular formula is C34H44N4O3. The van der Waals surface area contributed by atoms with E-state index in [9.17, 15) is 9.59 Å². The van der Waals surface area contributed by atoms with Gasteiger partial charge < -0.3 is 20.7 Å². The molecule has 7 nitrogen and oxygen atoms in total. The van der Waals surface area contributed by atoms with Crippen molar-refractivity contribution in [2.75, 3.05) is 12.4 Å². The standard InChI is InChI=1S/C34H44N4O3/c1-33(2,3)41-32(40)38-34(4,5)26-16-14-25(15-17-26)31-29(24-10-8-7-9-11-24)21-28(22-36-31)37-30(39)20-23-12-18-27(35-6)19-13-23/h7-11,14-17,21-23,27,35H,12-13,18-20H2,1-6H3,(H,37,39)(H,38,40). The highest BCUT2D eigenvalue weighted by Crippen LogP contribution is 2.34. The number of pyridine rings is 1. The third kappa shape index (κ3) is 8.40. The van der Waals surface area contributed by atoms with Gasteiger partial charge in [-0.3, -0.25) is 9.78 Å². The van der Waals surface area contributed by atoms with Crippen molar-refractivity contribution in [1.82, 2.24) is 15.6 Å². The number of benzene rings is 2. The van der Waals surface area contributed by atoms with Crippen molar-refractivity contribution in [3.05, 3.63) is 72.4 Å². The first-order valence-corrected chi connectivity index (χ1v) is 14.6. The number of carbonyl (C=O) groups excluding carboxylic acids is 2. The molecule has 3 aromatic rings. The lowest BCUT2D eigenvalue weighted by atomic mass is 9.84. The topological polar surface area (TPSA) is 92.4 Å². The molecule has 1 aliphatic rings. The van der Waals surface area contributed by atoms with Crippen molar-refractivity contribution in [3.63, 3.8) is 0 Å². The maximum absolute atomic E-state index is 12.9. The van der Waals surface area contributed by atoms with Crippen molar-refractivity contribution < 1.29 is 14.3 Å². The van der Waals surface area contributed by atoms with Crippen LogP contribution in [0, 0.1) is 5.92 Å². The van der Waals surface area contributed by atoms with Gasteiger partial charge in [-0.05, 0) is 90.5 Å². The minimum Gasteiger partial charge on any atom is -0.444 e. The largest absolute Gasteiger partial charge is 0.444 e. The fourth-order valence-corrected chi connectivity index (χ4v) is 5.41. The second-order valence-corrected chi connectivity index (χ2v) is 12.6. The molecule has 1 aliphatic carbocycles. The lowest BCUT2D eigenvalue weighted by Crippen LogP contribution is -2.43. The first-order valence-electron chi connectivity index (χ1n) is 14.6. The molecule has 0 bridgehead atoms. The van der Waals surface area contributed by atoms with Gasteiger partial charge in [-0.25, -0.2) is 4.79 Å². The quantitative estimate of drug-likeness (QED) is 0.271. The van der Waals surface area contributed by atoms with Gasteiger partial charge in [0.25, 0.3) is 0 Å². The molecule has 1 fully saturated rings. The second kappa shape index (κ2) is 12.9. The summed E-state index contributed by atoms with van der Waals surface area (Å²) in [5.74, 6) is 0.462. The Bertz CT molecular complexity index is 1320. The highest BCUT2D eigenvalue weighted by Gasteiger charge is 2.27. The van der Waals surface area contributed by atoms with Gasteiger partial charge in [0.1, 0.15) is 5.60 Å². The number of amides is 2. The predicted molar refractivity (Wildman–Crippen MR) is 166 cm³/mol. The van der Waals surface area contributed by atoms with E-state index in [1.807, 2.05) is 90.2 Å². The summed E-state index contributed by atoms with van der Waals surface area (Å²) >= 11 is 0. The number of nitrogens with one attached hydrogen (secondary N) is 3. The lowest BCUT2D eigenvalue weighted by Gasteiger charge is -2.29. The number of rotatable bonds is 8. The Balaban J connectivity index is 1.53. The molecule has 0 aliphatic heterocycles. The molecule has 2 amide bonds. The SMILES string of the molecule is CNC1CCC(CC(=O)Nc2cnc(-c3ccc(C(C)(C)NC(=O)OC(C)(C)C)cc3)c(-c3ccccc3)c2)CC1. The molecule has 2 aromatic carbocycles. The van der Waals surface area contributed by atoms with Crippen molar-refractivity contribution in [1.29, 1.82) is 0 Å². The first kappa shape index (κ1) is 30.3. The Morgan fingerprint density at radius 1 is 0.902 bits per heavy atom. The Labute approximate surface area is 244 Å². The highest BCUT2D eigenvalue weighted by molar-refractivity contribution is 5.93. The summed E-state index contributed by atoms with van der Waals surface area (Å²) in [6.07, 6.45) is 6.21. The number of anilines is 1. The Morgan fingerprint density at radius 3 is 2.17 bits per heavy atom. The number of aromatic nitrogens is 1. The van der Waals surface area contributed by atoms with E-state index in [1.165, 1.54) is 0 Å². The van der Waals surface area contributed by atoms with Crippen LogP contribution in [0.4, 0.5) is 10.5 Å². The Kier molecular flexibility index (Phi) is 9.49. The predicted octanol–water partition coefficient (Wildman–Crippen LogP) is 7.28. The molecule has 1 saturated carbocycles. The number of carbonyl (C=O) groups is 2. The van der Waals surface area contributed by atoms with Crippen LogP contribution in [0.1, 0.15) is 72.3 Å². The molecule has 0 atom stereocenters. The molecule has 7 heteroatoms. The van der Waals surface area contributed by atoms with Gasteiger partial charge >= 0.3 is 6.09 Å². The Hall–Kier alpha value is -3.71. The van der Waals surface area contributed by atoms with Crippen LogP contribution in [0.2, 0.25) is 0 Å². The zero-order valence-electron chi connectivity index (χ0n) is 25.2. The minimum absolute atomic E-state index is 0.0375. The lowest BCUT2D eigenvalue weighted by molar-refractivity contribution is -0.117. The number of hydrogen-bond donors (Lipinski definition) is 3. The molecule has 0 spiro atoms. The van der Waals surface area contributed by atoms with Crippen LogP contribution >= 0.6 is 0 Å². The zero-order valence-corrected chi connectivity index (χ0v) is 25.2. The molecule has 3 N–H and O–H groups in total. The van der Waals surface area contributed by atoms with Gasteiger partial charge in [0.2, 0.25) is 5.91 Å². The maximum Gasteiger partial charge on any atom is 0.408 e. The summed E-state index contributed by atoms with van der Waals surface area (Å²) in [7, 11) is 2.01. The third-order valence-corrected chi connectivity index (χ3v) is 7.68. The summed E-state index contributed by atoms with van der Waals surface area (Å²) in [6, 6.07) is 20.7. The van der Waals surface area contributed by atoms with E-state index in [0.29, 0.717) is 24.1 Å². The monoisotopic (exact) mass is 556 g/mol. The molecule has 4 rings (SSSR count). The average Bonchev–Trinajstić information content (AvgIpc) is 2.92. The molecule has 0 radical (unpaired) electrons. The van der Waals surface area contributed by atoms with Crippen molar-refractivity contribution >= 4 is 17.7 Å². The van der Waals surface area contributed by atoms with Gasteiger partial charge in [-0.2, -0.15) is 0 Å². The minimum atomic E-state index is -0.628. The van der Waals surface area contributed by atoms with Crippen LogP contribution in [0.25, 0.3) is 22.4 Å². The smallest absolute Gasteiger partial charge is 0.408 e. The van der Waals surface area contributed by atoms with Gasteiger partial charge in [-0.15, -0.1) is 0 Å². The fraction of sp³-hybridized carbons (Fsp3) is 0.441. The van der Waals surface area contributed by atoms with Crippen LogP contribution in [0.3, 0.4) is 0 Å². The summed E-state index contributed by atoms with van der Waals surface area (Å²) in [5, 5.41) is 9.42. The molecule has 1 heterocycles. The Morgan fingerprint density at radius 2 is 1.56 bits per heavy atom. The van der Waals surface area contributed by atoms with E-state index in [0.717, 1.165) is 53.6 Å². The van der Waals surface area contributed by atoms with Crippen molar-refractivity contribution in [2.45, 2.75) is 83.9 Å². The van der Waals surface area contributed by atoms with Crippen LogP contribution < -0.4 is 16.0 Å². The molecule has 41 heavy (non-hydrogen) atoms. The van der Waals surface area contributed by atoms with E-state index in [1.54, 1.807) is 6.20 Å². The van der Waals surface area contributed by atoms with Gasteiger partial charge in [-0.1, -0.05) is 54.6 Å². The number of ether oxygens (including phenoxy) is 1. The van der Waals surface area contributed by atoms with Gasteiger partial charge in [0.05, 0.1) is 23.1 Å². The zero-order chi connectivity index (χ0) is 29.6. The first-order chi connectivity index (χ1) is 19.4. The highest BCUT2D eigenvalue weighted by atomic mass is 16.6. The van der Waals surface area contributed by atoms with Crippen LogP contribution in [0.5, 0.6) is 0 Å². The van der Waals surface area contributed by atoms with Gasteiger partial charge in [0, 0.05) is 23.6 Å². The van der Waals surface area contributed by atoms with E-state index < -0.39 is 17.2 Å². The average molecular weight is 557 g/mol. The van der Waals surface area contributed by atoms with E-state index in [4.69, 9.17) is 9.72 Å². The second-order valence-electron chi connectivity index (χ2n) is 12.6. The summed E-state index contributed by atoms with van der Waals surface area (Å²) in [4.78, 5) is 30.1. The maximum atomic E-state index is 12.9. The number of alkyl carbamates (subject to hydrolysis) is 1. The molecule has 0 unspecified atom stereocenters. The number of hydrogen-bond acceptors (Lipinski definition) is 5. The van der Waals surface area contributed by atoms with Crippen molar-refractivity contribution in [2.24, 2.45) is 5.92 Å². The van der Waals surface area contributed by atoms with Crippen molar-refractivity contribution in [3.8, 4) is 22.4 Å². The van der Waals surface area contributed by atoms with Crippen LogP contribution in [-0.4, -0.2) is 35.7 Å². The van der Waals surface area contributed by atoms with Gasteiger partial charge in [0.15, 0.2) is 0 Å². The summed E-state index contributed by atoms with van der Waals surface area (Å²) < 4.78 is 5.45. The summed E-state index contributed by atoms with van der Waals surface area (Å²) in [5.41, 5.74) is 4.17. The number of nitrogens with zero attached hydrogens (tertiary/aromatic N) is 1. The summed E-state index contributed by atoms with van der Waals surface area (Å²) in [6.45, 7) is 9.43.